The molecule has 0 atom stereocenters. The fraction of sp³-hybridized carbons (Fsp3) is 0.167. The minimum Gasteiger partial charge on any atom is -0.493 e. The van der Waals surface area contributed by atoms with Crippen molar-refractivity contribution in [2.45, 2.75) is 6.54 Å². The fourth-order valence-corrected chi connectivity index (χ4v) is 2.27. The number of aromatic nitrogens is 2. The Morgan fingerprint density at radius 3 is 2.50 bits per heavy atom. The molecule has 0 aliphatic carbocycles. The number of amides is 1. The summed E-state index contributed by atoms with van der Waals surface area (Å²) < 4.78 is 28.7. The smallest absolute Gasteiger partial charge is 0.309 e. The van der Waals surface area contributed by atoms with E-state index < -0.39 is 5.91 Å². The maximum atomic E-state index is 13.0. The molecule has 8 heteroatoms. The average molecular weight is 357 g/mol. The van der Waals surface area contributed by atoms with Gasteiger partial charge in [0.1, 0.15) is 5.82 Å². The van der Waals surface area contributed by atoms with Crippen LogP contribution in [0.5, 0.6) is 11.5 Å². The van der Waals surface area contributed by atoms with Crippen LogP contribution < -0.4 is 14.8 Å². The number of rotatable bonds is 6. The van der Waals surface area contributed by atoms with Crippen LogP contribution in [0.15, 0.2) is 46.9 Å². The predicted molar refractivity (Wildman–Crippen MR) is 90.4 cm³/mol. The summed E-state index contributed by atoms with van der Waals surface area (Å²) in [5.41, 5.74) is 1.34. The van der Waals surface area contributed by atoms with Crippen LogP contribution >= 0.6 is 0 Å². The van der Waals surface area contributed by atoms with Gasteiger partial charge in [0.15, 0.2) is 11.5 Å². The molecule has 0 radical (unpaired) electrons. The molecule has 0 unspecified atom stereocenters. The average Bonchev–Trinajstić information content (AvgIpc) is 3.16. The van der Waals surface area contributed by atoms with E-state index in [1.807, 2.05) is 0 Å². The number of nitrogens with zero attached hydrogens (tertiary/aromatic N) is 2. The van der Waals surface area contributed by atoms with Crippen molar-refractivity contribution in [2.75, 3.05) is 14.2 Å². The van der Waals surface area contributed by atoms with Gasteiger partial charge in [-0.15, -0.1) is 10.2 Å². The summed E-state index contributed by atoms with van der Waals surface area (Å²) in [4.78, 5) is 12.2. The molecular formula is C18H16FN3O4. The van der Waals surface area contributed by atoms with Crippen molar-refractivity contribution < 1.29 is 23.1 Å². The molecule has 1 aromatic heterocycles. The first kappa shape index (κ1) is 17.4. The van der Waals surface area contributed by atoms with Crippen LogP contribution in [0.4, 0.5) is 4.39 Å². The van der Waals surface area contributed by atoms with Gasteiger partial charge in [-0.05, 0) is 42.0 Å². The molecule has 134 valence electrons. The van der Waals surface area contributed by atoms with Crippen molar-refractivity contribution in [3.8, 4) is 23.0 Å². The van der Waals surface area contributed by atoms with E-state index in [2.05, 4.69) is 15.5 Å². The molecule has 0 aliphatic heterocycles. The SMILES string of the molecule is COc1ccc(CNC(=O)c2nnc(-c3ccc(F)cc3)o2)cc1OC. The van der Waals surface area contributed by atoms with Crippen LogP contribution in [0, 0.1) is 5.82 Å². The summed E-state index contributed by atoms with van der Waals surface area (Å²) in [6.45, 7) is 0.244. The van der Waals surface area contributed by atoms with Crippen molar-refractivity contribution in [1.82, 2.24) is 15.5 Å². The van der Waals surface area contributed by atoms with Gasteiger partial charge >= 0.3 is 11.8 Å². The maximum Gasteiger partial charge on any atom is 0.309 e. The molecule has 0 saturated carbocycles. The molecular weight excluding hydrogens is 341 g/mol. The van der Waals surface area contributed by atoms with Crippen LogP contribution in [0.2, 0.25) is 0 Å². The van der Waals surface area contributed by atoms with E-state index in [4.69, 9.17) is 13.9 Å². The van der Waals surface area contributed by atoms with Gasteiger partial charge in [-0.25, -0.2) is 4.39 Å². The molecule has 7 nitrogen and oxygen atoms in total. The summed E-state index contributed by atoms with van der Waals surface area (Å²) in [7, 11) is 3.09. The van der Waals surface area contributed by atoms with Crippen molar-refractivity contribution in [1.29, 1.82) is 0 Å². The van der Waals surface area contributed by atoms with E-state index in [1.54, 1.807) is 25.3 Å². The Hall–Kier alpha value is -3.42. The molecule has 3 rings (SSSR count). The lowest BCUT2D eigenvalue weighted by Gasteiger charge is -2.09. The molecule has 0 aliphatic rings. The zero-order valence-corrected chi connectivity index (χ0v) is 14.2. The lowest BCUT2D eigenvalue weighted by molar-refractivity contribution is 0.0916. The number of nitrogens with one attached hydrogen (secondary N) is 1. The van der Waals surface area contributed by atoms with Gasteiger partial charge in [0.2, 0.25) is 5.89 Å². The normalized spacial score (nSPS) is 10.4. The van der Waals surface area contributed by atoms with Crippen molar-refractivity contribution >= 4 is 5.91 Å². The topological polar surface area (TPSA) is 86.5 Å². The van der Waals surface area contributed by atoms with E-state index in [9.17, 15) is 9.18 Å². The summed E-state index contributed by atoms with van der Waals surface area (Å²) in [5, 5.41) is 10.2. The van der Waals surface area contributed by atoms with Crippen LogP contribution in [0.1, 0.15) is 16.2 Å². The highest BCUT2D eigenvalue weighted by Gasteiger charge is 2.16. The minimum atomic E-state index is -0.513. The number of carbonyl (C=O) groups is 1. The Bertz CT molecular complexity index is 909. The molecule has 2 aromatic carbocycles. The second-order valence-electron chi connectivity index (χ2n) is 5.29. The predicted octanol–water partition coefficient (Wildman–Crippen LogP) is 2.82. The Morgan fingerprint density at radius 2 is 1.81 bits per heavy atom. The summed E-state index contributed by atoms with van der Waals surface area (Å²) in [6.07, 6.45) is 0. The van der Waals surface area contributed by atoms with Crippen molar-refractivity contribution in [2.24, 2.45) is 0 Å². The molecule has 26 heavy (non-hydrogen) atoms. The van der Waals surface area contributed by atoms with E-state index in [0.717, 1.165) is 5.56 Å². The lowest BCUT2D eigenvalue weighted by Crippen LogP contribution is -2.23. The number of benzene rings is 2. The Kier molecular flexibility index (Phi) is 5.12. The second-order valence-corrected chi connectivity index (χ2v) is 5.29. The minimum absolute atomic E-state index is 0.140. The van der Waals surface area contributed by atoms with Crippen molar-refractivity contribution in [3.63, 3.8) is 0 Å². The van der Waals surface area contributed by atoms with Gasteiger partial charge in [-0.2, -0.15) is 0 Å². The van der Waals surface area contributed by atoms with Gasteiger partial charge in [-0.1, -0.05) is 6.07 Å². The monoisotopic (exact) mass is 357 g/mol. The number of hydrogen-bond acceptors (Lipinski definition) is 6. The molecule has 0 saturated heterocycles. The van der Waals surface area contributed by atoms with E-state index >= 15 is 0 Å². The molecule has 0 spiro atoms. The quantitative estimate of drug-likeness (QED) is 0.730. The van der Waals surface area contributed by atoms with Gasteiger partial charge < -0.3 is 19.2 Å². The largest absolute Gasteiger partial charge is 0.493 e. The van der Waals surface area contributed by atoms with Crippen LogP contribution in [0.3, 0.4) is 0 Å². The van der Waals surface area contributed by atoms with Gasteiger partial charge in [0.05, 0.1) is 14.2 Å². The van der Waals surface area contributed by atoms with E-state index in [1.165, 1.54) is 31.4 Å². The first-order valence-electron chi connectivity index (χ1n) is 7.69. The fourth-order valence-electron chi connectivity index (χ4n) is 2.27. The highest BCUT2D eigenvalue weighted by molar-refractivity contribution is 5.89. The first-order valence-corrected chi connectivity index (χ1v) is 7.69. The van der Waals surface area contributed by atoms with Crippen LogP contribution in [0.25, 0.3) is 11.5 Å². The number of halogens is 1. The number of carbonyl (C=O) groups excluding carboxylic acids is 1. The van der Waals surface area contributed by atoms with Gasteiger partial charge in [0.25, 0.3) is 0 Å². The number of hydrogen-bond donors (Lipinski definition) is 1. The van der Waals surface area contributed by atoms with Gasteiger partial charge in [0, 0.05) is 12.1 Å². The second kappa shape index (κ2) is 7.64. The lowest BCUT2D eigenvalue weighted by atomic mass is 10.2. The Morgan fingerprint density at radius 1 is 1.08 bits per heavy atom. The highest BCUT2D eigenvalue weighted by Crippen LogP contribution is 2.27. The third-order valence-corrected chi connectivity index (χ3v) is 3.61. The Labute approximate surface area is 148 Å². The standard InChI is InChI=1S/C18H16FN3O4/c1-24-14-8-3-11(9-15(14)25-2)10-20-16(23)18-22-21-17(26-18)12-4-6-13(19)7-5-12/h3-9H,10H2,1-2H3,(H,20,23). The van der Waals surface area contributed by atoms with Crippen LogP contribution in [-0.4, -0.2) is 30.3 Å². The maximum absolute atomic E-state index is 13.0. The first-order chi connectivity index (χ1) is 12.6. The summed E-state index contributed by atoms with van der Waals surface area (Å²) >= 11 is 0. The van der Waals surface area contributed by atoms with Crippen LogP contribution in [-0.2, 0) is 6.54 Å². The van der Waals surface area contributed by atoms with Crippen molar-refractivity contribution in [3.05, 3.63) is 59.7 Å². The Balaban J connectivity index is 1.66. The zero-order valence-electron chi connectivity index (χ0n) is 14.2. The number of methoxy groups -OCH3 is 2. The summed E-state index contributed by atoms with van der Waals surface area (Å²) in [6, 6.07) is 10.9. The molecule has 1 amide bonds. The molecule has 0 fully saturated rings. The third-order valence-electron chi connectivity index (χ3n) is 3.61. The van der Waals surface area contributed by atoms with E-state index in [0.29, 0.717) is 17.1 Å². The summed E-state index contributed by atoms with van der Waals surface area (Å²) in [5.74, 6) is 0.243. The third kappa shape index (κ3) is 3.80. The zero-order chi connectivity index (χ0) is 18.5. The number of ether oxygens (including phenoxy) is 2. The van der Waals surface area contributed by atoms with E-state index in [-0.39, 0.29) is 24.1 Å². The molecule has 3 aromatic rings. The molecule has 1 heterocycles. The van der Waals surface area contributed by atoms with Gasteiger partial charge in [-0.3, -0.25) is 4.79 Å². The highest BCUT2D eigenvalue weighted by atomic mass is 19.1. The molecule has 1 N–H and O–H groups in total. The molecule has 0 bridgehead atoms.